The first kappa shape index (κ1) is 21.4. The first-order valence-corrected chi connectivity index (χ1v) is 10.7. The summed E-state index contributed by atoms with van der Waals surface area (Å²) in [7, 11) is 3.32. The van der Waals surface area contributed by atoms with Crippen molar-refractivity contribution < 1.29 is 9.47 Å². The van der Waals surface area contributed by atoms with Crippen LogP contribution >= 0.6 is 11.6 Å². The summed E-state index contributed by atoms with van der Waals surface area (Å²) in [6, 6.07) is 13.5. The second kappa shape index (κ2) is 8.73. The zero-order valence-corrected chi connectivity index (χ0v) is 18.9. The topological polar surface area (TPSA) is 65.4 Å². The molecule has 3 aromatic rings. The number of hydrogen-bond donors (Lipinski definition) is 1. The number of halogens is 1. The van der Waals surface area contributed by atoms with Gasteiger partial charge in [0.15, 0.2) is 0 Å². The van der Waals surface area contributed by atoms with E-state index in [1.54, 1.807) is 36.9 Å². The second-order valence-corrected chi connectivity index (χ2v) is 8.03. The van der Waals surface area contributed by atoms with Crippen LogP contribution in [0.4, 0.5) is 5.82 Å². The van der Waals surface area contributed by atoms with Crippen molar-refractivity contribution in [2.24, 2.45) is 7.05 Å². The Kier molecular flexibility index (Phi) is 6.03. The number of aromatic nitrogens is 2. The molecule has 7 heteroatoms. The van der Waals surface area contributed by atoms with Crippen LogP contribution < -0.4 is 15.6 Å². The SMILES string of the molecule is CCO[C@H]1Cc2ccccc2[C@H]1Nc1c(C)nc(-c2ccc(OC)cc2Cl)c(=O)n1C. The van der Waals surface area contributed by atoms with Crippen molar-refractivity contribution in [3.63, 3.8) is 0 Å². The van der Waals surface area contributed by atoms with Crippen molar-refractivity contribution in [3.05, 3.63) is 74.7 Å². The molecule has 1 aliphatic carbocycles. The lowest BCUT2D eigenvalue weighted by Gasteiger charge is -2.25. The highest BCUT2D eigenvalue weighted by Gasteiger charge is 2.33. The molecule has 1 aliphatic rings. The van der Waals surface area contributed by atoms with E-state index in [1.165, 1.54) is 11.1 Å². The van der Waals surface area contributed by atoms with Crippen LogP contribution in [0.5, 0.6) is 5.75 Å². The molecule has 4 rings (SSSR count). The second-order valence-electron chi connectivity index (χ2n) is 7.62. The van der Waals surface area contributed by atoms with Gasteiger partial charge in [0.05, 0.1) is 30.0 Å². The largest absolute Gasteiger partial charge is 0.497 e. The monoisotopic (exact) mass is 439 g/mol. The van der Waals surface area contributed by atoms with Crippen LogP contribution in [0.25, 0.3) is 11.3 Å². The summed E-state index contributed by atoms with van der Waals surface area (Å²) >= 11 is 6.41. The van der Waals surface area contributed by atoms with E-state index in [9.17, 15) is 4.79 Å². The van der Waals surface area contributed by atoms with Crippen molar-refractivity contribution in [1.29, 1.82) is 0 Å². The third kappa shape index (κ3) is 3.93. The Morgan fingerprint density at radius 2 is 2.03 bits per heavy atom. The third-order valence-electron chi connectivity index (χ3n) is 5.75. The first-order chi connectivity index (χ1) is 14.9. The summed E-state index contributed by atoms with van der Waals surface area (Å²) in [5.74, 6) is 1.30. The molecule has 2 aromatic carbocycles. The molecule has 0 bridgehead atoms. The summed E-state index contributed by atoms with van der Waals surface area (Å²) in [4.78, 5) is 17.8. The Labute approximate surface area is 186 Å². The summed E-state index contributed by atoms with van der Waals surface area (Å²) in [6.45, 7) is 4.51. The Morgan fingerprint density at radius 1 is 1.26 bits per heavy atom. The average molecular weight is 440 g/mol. The number of fused-ring (bicyclic) bond motifs is 1. The normalized spacial score (nSPS) is 17.5. The lowest BCUT2D eigenvalue weighted by atomic mass is 10.1. The van der Waals surface area contributed by atoms with E-state index in [1.807, 2.05) is 26.0 Å². The molecular weight excluding hydrogens is 414 g/mol. The fourth-order valence-electron chi connectivity index (χ4n) is 4.21. The Balaban J connectivity index is 1.74. The molecule has 0 saturated heterocycles. The number of rotatable bonds is 6. The molecule has 0 amide bonds. The summed E-state index contributed by atoms with van der Waals surface area (Å²) < 4.78 is 12.8. The average Bonchev–Trinajstić information content (AvgIpc) is 3.11. The van der Waals surface area contributed by atoms with Gasteiger partial charge >= 0.3 is 0 Å². The number of ether oxygens (including phenoxy) is 2. The van der Waals surface area contributed by atoms with Gasteiger partial charge in [0.2, 0.25) is 0 Å². The predicted octanol–water partition coefficient (Wildman–Crippen LogP) is 4.53. The fourth-order valence-corrected chi connectivity index (χ4v) is 4.47. The Hall–Kier alpha value is -2.83. The Bertz CT molecular complexity index is 1180. The molecule has 31 heavy (non-hydrogen) atoms. The van der Waals surface area contributed by atoms with E-state index in [2.05, 4.69) is 22.4 Å². The molecule has 6 nitrogen and oxygen atoms in total. The van der Waals surface area contributed by atoms with E-state index in [0.29, 0.717) is 40.1 Å². The molecule has 0 radical (unpaired) electrons. The zero-order chi connectivity index (χ0) is 22.1. The van der Waals surface area contributed by atoms with E-state index in [0.717, 1.165) is 6.42 Å². The number of anilines is 1. The van der Waals surface area contributed by atoms with Crippen molar-refractivity contribution in [3.8, 4) is 17.0 Å². The maximum absolute atomic E-state index is 13.2. The number of nitrogens with zero attached hydrogens (tertiary/aromatic N) is 2. The third-order valence-corrected chi connectivity index (χ3v) is 6.06. The van der Waals surface area contributed by atoms with Crippen molar-refractivity contribution >= 4 is 17.4 Å². The van der Waals surface area contributed by atoms with Crippen molar-refractivity contribution in [2.75, 3.05) is 19.0 Å². The van der Waals surface area contributed by atoms with Crippen LogP contribution in [0.1, 0.15) is 29.8 Å². The van der Waals surface area contributed by atoms with Gasteiger partial charge in [0.1, 0.15) is 17.3 Å². The highest BCUT2D eigenvalue weighted by molar-refractivity contribution is 6.33. The van der Waals surface area contributed by atoms with Crippen LogP contribution in [0, 0.1) is 6.92 Å². The quantitative estimate of drug-likeness (QED) is 0.611. The standard InChI is InChI=1S/C24H26ClN3O3/c1-5-31-20-12-15-8-6-7-9-17(15)21(20)27-23-14(2)26-22(24(29)28(23)3)18-11-10-16(30-4)13-19(18)25/h6-11,13,20-21,27H,5,12H2,1-4H3/t20-,21+/m0/s1. The van der Waals surface area contributed by atoms with E-state index < -0.39 is 0 Å². The molecule has 2 atom stereocenters. The van der Waals surface area contributed by atoms with E-state index >= 15 is 0 Å². The molecule has 1 heterocycles. The molecule has 0 aliphatic heterocycles. The smallest absolute Gasteiger partial charge is 0.278 e. The number of aryl methyl sites for hydroxylation is 1. The molecule has 0 unspecified atom stereocenters. The molecule has 0 fully saturated rings. The van der Waals surface area contributed by atoms with Gasteiger partial charge in [-0.1, -0.05) is 35.9 Å². The predicted molar refractivity (Wildman–Crippen MR) is 123 cm³/mol. The van der Waals surface area contributed by atoms with Gasteiger partial charge < -0.3 is 14.8 Å². The number of nitrogens with one attached hydrogen (secondary N) is 1. The van der Waals surface area contributed by atoms with Crippen LogP contribution in [0.3, 0.4) is 0 Å². The summed E-state index contributed by atoms with van der Waals surface area (Å²) in [5, 5.41) is 3.96. The maximum Gasteiger partial charge on any atom is 0.278 e. The van der Waals surface area contributed by atoms with Gasteiger partial charge in [-0.05, 0) is 43.2 Å². The fraction of sp³-hybridized carbons (Fsp3) is 0.333. The minimum Gasteiger partial charge on any atom is -0.497 e. The minimum absolute atomic E-state index is 0.00684. The van der Waals surface area contributed by atoms with Gasteiger partial charge in [-0.2, -0.15) is 0 Å². The summed E-state index contributed by atoms with van der Waals surface area (Å²) in [6.07, 6.45) is 0.828. The van der Waals surface area contributed by atoms with Crippen LogP contribution in [0.15, 0.2) is 47.3 Å². The van der Waals surface area contributed by atoms with E-state index in [4.69, 9.17) is 21.1 Å². The molecule has 1 N–H and O–H groups in total. The molecule has 0 spiro atoms. The van der Waals surface area contributed by atoms with Gasteiger partial charge in [-0.3, -0.25) is 9.36 Å². The number of benzene rings is 2. The lowest BCUT2D eigenvalue weighted by Crippen LogP contribution is -2.30. The van der Waals surface area contributed by atoms with E-state index in [-0.39, 0.29) is 17.7 Å². The molecule has 1 aromatic heterocycles. The molecule has 0 saturated carbocycles. The summed E-state index contributed by atoms with van der Waals surface area (Å²) in [5.41, 5.74) is 3.83. The first-order valence-electron chi connectivity index (χ1n) is 10.3. The van der Waals surface area contributed by atoms with Gasteiger partial charge in [0.25, 0.3) is 5.56 Å². The zero-order valence-electron chi connectivity index (χ0n) is 18.1. The number of hydrogen-bond acceptors (Lipinski definition) is 5. The minimum atomic E-state index is -0.223. The molecule has 162 valence electrons. The molecular formula is C24H26ClN3O3. The Morgan fingerprint density at radius 3 is 2.74 bits per heavy atom. The van der Waals surface area contributed by atoms with Crippen molar-refractivity contribution in [2.45, 2.75) is 32.4 Å². The lowest BCUT2D eigenvalue weighted by molar-refractivity contribution is 0.0572. The van der Waals surface area contributed by atoms with Gasteiger partial charge in [-0.25, -0.2) is 4.98 Å². The highest BCUT2D eigenvalue weighted by Crippen LogP contribution is 2.36. The van der Waals surface area contributed by atoms with Crippen LogP contribution in [0.2, 0.25) is 5.02 Å². The highest BCUT2D eigenvalue weighted by atomic mass is 35.5. The van der Waals surface area contributed by atoms with Crippen LogP contribution in [-0.4, -0.2) is 29.4 Å². The maximum atomic E-state index is 13.2. The van der Waals surface area contributed by atoms with Crippen LogP contribution in [-0.2, 0) is 18.2 Å². The van der Waals surface area contributed by atoms with Gasteiger partial charge in [-0.15, -0.1) is 0 Å². The van der Waals surface area contributed by atoms with Gasteiger partial charge in [0, 0.05) is 25.6 Å². The van der Waals surface area contributed by atoms with Crippen molar-refractivity contribution in [1.82, 2.24) is 9.55 Å². The number of methoxy groups -OCH3 is 1.